The Balaban J connectivity index is 2.07. The Kier molecular flexibility index (Phi) is 4.13. The van der Waals surface area contributed by atoms with Crippen molar-refractivity contribution in [3.8, 4) is 0 Å². The van der Waals surface area contributed by atoms with Crippen molar-refractivity contribution < 1.29 is 4.39 Å². The van der Waals surface area contributed by atoms with Crippen molar-refractivity contribution in [1.82, 2.24) is 10.2 Å². The van der Waals surface area contributed by atoms with E-state index in [1.54, 1.807) is 6.07 Å². The number of nitrogens with zero attached hydrogens (tertiary/aromatic N) is 1. The van der Waals surface area contributed by atoms with Gasteiger partial charge in [-0.25, -0.2) is 4.39 Å². The molecule has 1 saturated carbocycles. The van der Waals surface area contributed by atoms with Crippen LogP contribution in [0.15, 0.2) is 24.3 Å². The number of nitrogens with one attached hydrogen (secondary N) is 1. The minimum Gasteiger partial charge on any atom is -0.312 e. The van der Waals surface area contributed by atoms with Crippen LogP contribution in [-0.2, 0) is 0 Å². The SMILES string of the molecule is CCN(CC(NC)c1ccccc1F)C1CC1. The first-order valence-electron chi connectivity index (χ1n) is 6.42. The highest BCUT2D eigenvalue weighted by Gasteiger charge is 2.29. The number of rotatable bonds is 6. The van der Waals surface area contributed by atoms with Crippen molar-refractivity contribution in [2.24, 2.45) is 0 Å². The lowest BCUT2D eigenvalue weighted by molar-refractivity contribution is 0.246. The molecule has 1 aliphatic rings. The van der Waals surface area contributed by atoms with E-state index in [0.29, 0.717) is 0 Å². The molecule has 1 atom stereocenters. The quantitative estimate of drug-likeness (QED) is 0.816. The smallest absolute Gasteiger partial charge is 0.128 e. The molecule has 1 fully saturated rings. The van der Waals surface area contributed by atoms with Crippen molar-refractivity contribution >= 4 is 0 Å². The highest BCUT2D eigenvalue weighted by Crippen LogP contribution is 2.28. The summed E-state index contributed by atoms with van der Waals surface area (Å²) in [5, 5.41) is 3.22. The zero-order valence-corrected chi connectivity index (χ0v) is 10.6. The van der Waals surface area contributed by atoms with E-state index in [1.165, 1.54) is 18.9 Å². The Hall–Kier alpha value is -0.930. The molecule has 0 saturated heterocycles. The predicted octanol–water partition coefficient (Wildman–Crippen LogP) is 2.57. The van der Waals surface area contributed by atoms with Crippen LogP contribution in [0.1, 0.15) is 31.4 Å². The Labute approximate surface area is 103 Å². The maximum atomic E-state index is 13.7. The molecular weight excluding hydrogens is 215 g/mol. The fourth-order valence-corrected chi connectivity index (χ4v) is 2.31. The summed E-state index contributed by atoms with van der Waals surface area (Å²) in [5.74, 6) is -0.112. The second-order valence-corrected chi connectivity index (χ2v) is 4.68. The van der Waals surface area contributed by atoms with Gasteiger partial charge in [0.25, 0.3) is 0 Å². The van der Waals surface area contributed by atoms with Crippen LogP contribution in [0.2, 0.25) is 0 Å². The third kappa shape index (κ3) is 3.05. The normalized spacial score (nSPS) is 17.4. The van der Waals surface area contributed by atoms with Gasteiger partial charge in [-0.1, -0.05) is 25.1 Å². The summed E-state index contributed by atoms with van der Waals surface area (Å²) in [4.78, 5) is 2.44. The van der Waals surface area contributed by atoms with Gasteiger partial charge in [0.05, 0.1) is 0 Å². The van der Waals surface area contributed by atoms with E-state index in [0.717, 1.165) is 24.7 Å². The van der Waals surface area contributed by atoms with Crippen molar-refractivity contribution in [2.45, 2.75) is 31.8 Å². The number of hydrogen-bond acceptors (Lipinski definition) is 2. The van der Waals surface area contributed by atoms with Gasteiger partial charge in [-0.2, -0.15) is 0 Å². The van der Waals surface area contributed by atoms with Gasteiger partial charge >= 0.3 is 0 Å². The Morgan fingerprint density at radius 1 is 1.41 bits per heavy atom. The zero-order chi connectivity index (χ0) is 12.3. The second-order valence-electron chi connectivity index (χ2n) is 4.68. The van der Waals surface area contributed by atoms with Gasteiger partial charge in [0.15, 0.2) is 0 Å². The van der Waals surface area contributed by atoms with Gasteiger partial charge in [0.2, 0.25) is 0 Å². The monoisotopic (exact) mass is 236 g/mol. The molecule has 0 amide bonds. The van der Waals surface area contributed by atoms with Gasteiger partial charge in [-0.3, -0.25) is 4.90 Å². The molecule has 3 heteroatoms. The molecule has 0 radical (unpaired) electrons. The van der Waals surface area contributed by atoms with Crippen molar-refractivity contribution in [1.29, 1.82) is 0 Å². The summed E-state index contributed by atoms with van der Waals surface area (Å²) < 4.78 is 13.7. The Morgan fingerprint density at radius 2 is 2.12 bits per heavy atom. The Morgan fingerprint density at radius 3 is 2.65 bits per heavy atom. The van der Waals surface area contributed by atoms with Crippen LogP contribution >= 0.6 is 0 Å². The zero-order valence-electron chi connectivity index (χ0n) is 10.6. The first-order valence-corrected chi connectivity index (χ1v) is 6.42. The molecule has 1 aliphatic carbocycles. The number of likely N-dealkylation sites (N-methyl/N-ethyl adjacent to an activating group) is 2. The standard InChI is InChI=1S/C14H21FN2/c1-3-17(11-8-9-11)10-14(16-2)12-6-4-5-7-13(12)15/h4-7,11,14,16H,3,8-10H2,1-2H3. The summed E-state index contributed by atoms with van der Waals surface area (Å²) in [7, 11) is 1.90. The predicted molar refractivity (Wildman–Crippen MR) is 68.5 cm³/mol. The van der Waals surface area contributed by atoms with Crippen LogP contribution in [0.4, 0.5) is 4.39 Å². The number of hydrogen-bond donors (Lipinski definition) is 1. The average Bonchev–Trinajstić information content (AvgIpc) is 3.16. The third-order valence-electron chi connectivity index (χ3n) is 3.52. The van der Waals surface area contributed by atoms with E-state index in [-0.39, 0.29) is 11.9 Å². The van der Waals surface area contributed by atoms with Crippen molar-refractivity contribution in [3.63, 3.8) is 0 Å². The second kappa shape index (κ2) is 5.61. The van der Waals surface area contributed by atoms with Gasteiger partial charge < -0.3 is 5.32 Å². The van der Waals surface area contributed by atoms with Gasteiger partial charge in [0.1, 0.15) is 5.82 Å². The number of benzene rings is 1. The van der Waals surface area contributed by atoms with Gasteiger partial charge in [-0.15, -0.1) is 0 Å². The summed E-state index contributed by atoms with van der Waals surface area (Å²) >= 11 is 0. The van der Waals surface area contributed by atoms with Crippen LogP contribution in [0.25, 0.3) is 0 Å². The maximum Gasteiger partial charge on any atom is 0.128 e. The molecule has 0 bridgehead atoms. The van der Waals surface area contributed by atoms with Gasteiger partial charge in [-0.05, 0) is 32.5 Å². The molecule has 0 heterocycles. The maximum absolute atomic E-state index is 13.7. The molecule has 1 unspecified atom stereocenters. The highest BCUT2D eigenvalue weighted by molar-refractivity contribution is 5.21. The molecule has 1 aromatic carbocycles. The molecular formula is C14H21FN2. The van der Waals surface area contributed by atoms with E-state index in [2.05, 4.69) is 17.1 Å². The summed E-state index contributed by atoms with van der Waals surface area (Å²) in [6.45, 7) is 4.10. The van der Waals surface area contributed by atoms with E-state index in [9.17, 15) is 4.39 Å². The summed E-state index contributed by atoms with van der Waals surface area (Å²) in [5.41, 5.74) is 0.772. The fraction of sp³-hybridized carbons (Fsp3) is 0.571. The summed E-state index contributed by atoms with van der Waals surface area (Å²) in [6.07, 6.45) is 2.59. The lowest BCUT2D eigenvalue weighted by Gasteiger charge is -2.26. The Bertz CT molecular complexity index is 363. The van der Waals surface area contributed by atoms with E-state index in [4.69, 9.17) is 0 Å². The molecule has 1 aromatic rings. The molecule has 0 spiro atoms. The summed E-state index contributed by atoms with van der Waals surface area (Å²) in [6, 6.07) is 7.85. The average molecular weight is 236 g/mol. The van der Waals surface area contributed by atoms with E-state index >= 15 is 0 Å². The first kappa shape index (κ1) is 12.5. The molecule has 0 aromatic heterocycles. The van der Waals surface area contributed by atoms with Crippen molar-refractivity contribution in [3.05, 3.63) is 35.6 Å². The van der Waals surface area contributed by atoms with Crippen molar-refractivity contribution in [2.75, 3.05) is 20.1 Å². The minimum atomic E-state index is -0.112. The lowest BCUT2D eigenvalue weighted by Crippen LogP contribution is -2.35. The topological polar surface area (TPSA) is 15.3 Å². The lowest BCUT2D eigenvalue weighted by atomic mass is 10.1. The molecule has 94 valence electrons. The first-order chi connectivity index (χ1) is 8.26. The van der Waals surface area contributed by atoms with Crippen LogP contribution in [0, 0.1) is 5.82 Å². The van der Waals surface area contributed by atoms with Crippen LogP contribution in [0.3, 0.4) is 0 Å². The molecule has 0 aliphatic heterocycles. The van der Waals surface area contributed by atoms with E-state index < -0.39 is 0 Å². The largest absolute Gasteiger partial charge is 0.312 e. The number of halogens is 1. The molecule has 2 rings (SSSR count). The van der Waals surface area contributed by atoms with Crippen LogP contribution < -0.4 is 5.32 Å². The van der Waals surface area contributed by atoms with Crippen LogP contribution in [0.5, 0.6) is 0 Å². The van der Waals surface area contributed by atoms with Gasteiger partial charge in [0, 0.05) is 24.2 Å². The molecule has 1 N–H and O–H groups in total. The van der Waals surface area contributed by atoms with Crippen LogP contribution in [-0.4, -0.2) is 31.1 Å². The third-order valence-corrected chi connectivity index (χ3v) is 3.52. The fourth-order valence-electron chi connectivity index (χ4n) is 2.31. The minimum absolute atomic E-state index is 0.0803. The highest BCUT2D eigenvalue weighted by atomic mass is 19.1. The van der Waals surface area contributed by atoms with E-state index in [1.807, 2.05) is 19.2 Å². The molecule has 2 nitrogen and oxygen atoms in total. The molecule has 17 heavy (non-hydrogen) atoms.